The molecule has 0 bridgehead atoms. The number of hydrogen-bond acceptors (Lipinski definition) is 3. The number of methoxy groups -OCH3 is 1. The Morgan fingerprint density at radius 2 is 1.79 bits per heavy atom. The van der Waals surface area contributed by atoms with E-state index in [0.29, 0.717) is 11.3 Å². The maximum absolute atomic E-state index is 12.6. The first-order chi connectivity index (χ1) is 8.67. The Hall–Kier alpha value is -1.57. The van der Waals surface area contributed by atoms with Gasteiger partial charge < -0.3 is 15.2 Å². The molecule has 0 aliphatic carbocycles. The molecule has 0 fully saturated rings. The predicted molar refractivity (Wildman–Crippen MR) is 58.1 cm³/mol. The third kappa shape index (κ3) is 3.95. The summed E-state index contributed by atoms with van der Waals surface area (Å²) in [5.74, 6) is -4.62. The SMILES string of the molecule is COc1cc(N)ccc1COCC(F)(F)C(F)(F)F. The van der Waals surface area contributed by atoms with E-state index >= 15 is 0 Å². The van der Waals surface area contributed by atoms with Gasteiger partial charge in [-0.05, 0) is 6.07 Å². The van der Waals surface area contributed by atoms with Crippen LogP contribution in [0.15, 0.2) is 18.2 Å². The largest absolute Gasteiger partial charge is 0.496 e. The summed E-state index contributed by atoms with van der Waals surface area (Å²) in [7, 11) is 1.32. The highest BCUT2D eigenvalue weighted by molar-refractivity contribution is 5.48. The van der Waals surface area contributed by atoms with E-state index in [9.17, 15) is 22.0 Å². The smallest absolute Gasteiger partial charge is 0.455 e. The topological polar surface area (TPSA) is 44.5 Å². The van der Waals surface area contributed by atoms with Crippen LogP contribution in [0.4, 0.5) is 27.6 Å². The van der Waals surface area contributed by atoms with E-state index in [0.717, 1.165) is 0 Å². The molecule has 0 unspecified atom stereocenters. The lowest BCUT2D eigenvalue weighted by Gasteiger charge is -2.19. The van der Waals surface area contributed by atoms with E-state index in [1.807, 2.05) is 0 Å². The molecule has 108 valence electrons. The number of benzene rings is 1. The summed E-state index contributed by atoms with van der Waals surface area (Å²) in [6.45, 7) is -2.18. The highest BCUT2D eigenvalue weighted by Gasteiger charge is 2.57. The van der Waals surface area contributed by atoms with E-state index in [2.05, 4.69) is 4.74 Å². The van der Waals surface area contributed by atoms with Crippen LogP contribution in [0.5, 0.6) is 5.75 Å². The molecular formula is C11H12F5NO2. The summed E-state index contributed by atoms with van der Waals surface area (Å²) >= 11 is 0. The van der Waals surface area contributed by atoms with Crippen molar-refractivity contribution in [3.8, 4) is 5.75 Å². The molecule has 0 saturated heterocycles. The molecule has 0 radical (unpaired) electrons. The Morgan fingerprint density at radius 3 is 2.32 bits per heavy atom. The van der Waals surface area contributed by atoms with Crippen LogP contribution in [0.1, 0.15) is 5.56 Å². The van der Waals surface area contributed by atoms with Gasteiger partial charge in [-0.1, -0.05) is 6.07 Å². The number of ether oxygens (including phenoxy) is 2. The van der Waals surface area contributed by atoms with Crippen LogP contribution in [-0.4, -0.2) is 25.8 Å². The summed E-state index contributed by atoms with van der Waals surface area (Å²) in [5, 5.41) is 0. The number of rotatable bonds is 5. The van der Waals surface area contributed by atoms with Crippen molar-refractivity contribution in [2.24, 2.45) is 0 Å². The van der Waals surface area contributed by atoms with Gasteiger partial charge in [0.2, 0.25) is 0 Å². The van der Waals surface area contributed by atoms with Crippen LogP contribution in [-0.2, 0) is 11.3 Å². The molecule has 19 heavy (non-hydrogen) atoms. The van der Waals surface area contributed by atoms with E-state index in [-0.39, 0.29) is 5.75 Å². The normalized spacial score (nSPS) is 12.5. The molecule has 8 heteroatoms. The first-order valence-corrected chi connectivity index (χ1v) is 5.12. The number of halogens is 5. The van der Waals surface area contributed by atoms with Gasteiger partial charge in [0.05, 0.1) is 13.7 Å². The molecule has 0 aromatic heterocycles. The van der Waals surface area contributed by atoms with Crippen LogP contribution >= 0.6 is 0 Å². The van der Waals surface area contributed by atoms with E-state index in [4.69, 9.17) is 10.5 Å². The zero-order valence-electron chi connectivity index (χ0n) is 9.93. The predicted octanol–water partition coefficient (Wildman–Crippen LogP) is 2.99. The van der Waals surface area contributed by atoms with Crippen molar-refractivity contribution in [3.63, 3.8) is 0 Å². The molecule has 0 atom stereocenters. The highest BCUT2D eigenvalue weighted by Crippen LogP contribution is 2.35. The molecule has 0 heterocycles. The first kappa shape index (κ1) is 15.5. The maximum atomic E-state index is 12.6. The number of anilines is 1. The van der Waals surface area contributed by atoms with E-state index in [1.54, 1.807) is 0 Å². The molecule has 0 amide bonds. The Balaban J connectivity index is 2.64. The zero-order chi connectivity index (χ0) is 14.7. The summed E-state index contributed by atoms with van der Waals surface area (Å²) in [4.78, 5) is 0. The number of nitrogen functional groups attached to an aromatic ring is 1. The van der Waals surface area contributed by atoms with Crippen molar-refractivity contribution in [2.45, 2.75) is 18.7 Å². The average molecular weight is 285 g/mol. The number of alkyl halides is 5. The molecular weight excluding hydrogens is 273 g/mol. The van der Waals surface area contributed by atoms with Gasteiger partial charge in [-0.3, -0.25) is 0 Å². The Labute approximate surface area is 106 Å². The lowest BCUT2D eigenvalue weighted by molar-refractivity contribution is -0.297. The molecule has 2 N–H and O–H groups in total. The van der Waals surface area contributed by atoms with Crippen LogP contribution in [0, 0.1) is 0 Å². The molecule has 1 aromatic rings. The number of hydrogen-bond donors (Lipinski definition) is 1. The van der Waals surface area contributed by atoms with Crippen LogP contribution in [0.25, 0.3) is 0 Å². The Morgan fingerprint density at radius 1 is 1.16 bits per heavy atom. The quantitative estimate of drug-likeness (QED) is 0.668. The van der Waals surface area contributed by atoms with Crippen LogP contribution in [0.3, 0.4) is 0 Å². The minimum atomic E-state index is -5.63. The monoisotopic (exact) mass is 285 g/mol. The Bertz CT molecular complexity index is 434. The fraction of sp³-hybridized carbons (Fsp3) is 0.455. The minimum Gasteiger partial charge on any atom is -0.496 e. The third-order valence-electron chi connectivity index (χ3n) is 2.27. The second-order valence-electron chi connectivity index (χ2n) is 3.77. The summed E-state index contributed by atoms with van der Waals surface area (Å²) in [6, 6.07) is 4.31. The van der Waals surface area contributed by atoms with Crippen LogP contribution in [0.2, 0.25) is 0 Å². The van der Waals surface area contributed by atoms with Gasteiger partial charge >= 0.3 is 12.1 Å². The molecule has 0 spiro atoms. The second-order valence-corrected chi connectivity index (χ2v) is 3.77. The zero-order valence-corrected chi connectivity index (χ0v) is 9.93. The molecule has 3 nitrogen and oxygen atoms in total. The average Bonchev–Trinajstić information content (AvgIpc) is 2.29. The highest BCUT2D eigenvalue weighted by atomic mass is 19.4. The van der Waals surface area contributed by atoms with Crippen LogP contribution < -0.4 is 10.5 Å². The van der Waals surface area contributed by atoms with Crippen molar-refractivity contribution >= 4 is 5.69 Å². The molecule has 0 aliphatic rings. The van der Waals surface area contributed by atoms with Crippen molar-refractivity contribution in [2.75, 3.05) is 19.5 Å². The van der Waals surface area contributed by atoms with Crippen molar-refractivity contribution in [1.82, 2.24) is 0 Å². The van der Waals surface area contributed by atoms with Crippen molar-refractivity contribution in [1.29, 1.82) is 0 Å². The van der Waals surface area contributed by atoms with Gasteiger partial charge in [0.25, 0.3) is 0 Å². The van der Waals surface area contributed by atoms with Crippen molar-refractivity contribution < 1.29 is 31.4 Å². The third-order valence-corrected chi connectivity index (χ3v) is 2.27. The van der Waals surface area contributed by atoms with Gasteiger partial charge in [-0.25, -0.2) is 0 Å². The van der Waals surface area contributed by atoms with Gasteiger partial charge in [-0.2, -0.15) is 22.0 Å². The fourth-order valence-electron chi connectivity index (χ4n) is 1.25. The van der Waals surface area contributed by atoms with E-state index in [1.165, 1.54) is 25.3 Å². The second kappa shape index (κ2) is 5.60. The minimum absolute atomic E-state index is 0.260. The molecule has 0 aliphatic heterocycles. The summed E-state index contributed by atoms with van der Waals surface area (Å²) in [6.07, 6.45) is -5.63. The maximum Gasteiger partial charge on any atom is 0.455 e. The fourth-order valence-corrected chi connectivity index (χ4v) is 1.25. The standard InChI is InChI=1S/C11H12F5NO2/c1-18-9-4-8(17)3-2-7(9)5-19-6-10(12,13)11(14,15)16/h2-4H,5-6,17H2,1H3. The van der Waals surface area contributed by atoms with Gasteiger partial charge in [0, 0.05) is 17.3 Å². The lowest BCUT2D eigenvalue weighted by atomic mass is 10.2. The van der Waals surface area contributed by atoms with Gasteiger partial charge in [0.15, 0.2) is 0 Å². The molecule has 1 aromatic carbocycles. The molecule has 0 saturated carbocycles. The lowest BCUT2D eigenvalue weighted by Crippen LogP contribution is -2.40. The van der Waals surface area contributed by atoms with Gasteiger partial charge in [-0.15, -0.1) is 0 Å². The molecule has 1 rings (SSSR count). The van der Waals surface area contributed by atoms with Crippen molar-refractivity contribution in [3.05, 3.63) is 23.8 Å². The Kier molecular flexibility index (Phi) is 4.56. The first-order valence-electron chi connectivity index (χ1n) is 5.12. The van der Waals surface area contributed by atoms with E-state index < -0.39 is 25.3 Å². The summed E-state index contributed by atoms with van der Waals surface area (Å²) in [5.41, 5.74) is 6.17. The number of nitrogens with two attached hydrogens (primary N) is 1. The van der Waals surface area contributed by atoms with Gasteiger partial charge in [0.1, 0.15) is 12.4 Å². The summed E-state index contributed by atoms with van der Waals surface area (Å²) < 4.78 is 70.1.